The summed E-state index contributed by atoms with van der Waals surface area (Å²) in [6, 6.07) is 9.01. The summed E-state index contributed by atoms with van der Waals surface area (Å²) in [4.78, 5) is 5.00. The van der Waals surface area contributed by atoms with E-state index in [2.05, 4.69) is 51.3 Å². The number of halogens is 2. The Morgan fingerprint density at radius 2 is 1.96 bits per heavy atom. The molecule has 2 aliphatic rings. The molecule has 0 unspecified atom stereocenters. The summed E-state index contributed by atoms with van der Waals surface area (Å²) < 4.78 is 5.30. The maximum atomic E-state index is 6.34. The fourth-order valence-electron chi connectivity index (χ4n) is 4.56. The highest BCUT2D eigenvalue weighted by molar-refractivity contribution is 6.31. The van der Waals surface area contributed by atoms with Crippen LogP contribution in [-0.4, -0.2) is 53.8 Å². The minimum absolute atomic E-state index is 0. The number of hydrogen-bond acceptors (Lipinski definition) is 4. The lowest BCUT2D eigenvalue weighted by Gasteiger charge is -2.26. The molecule has 2 aliphatic heterocycles. The molecule has 1 aromatic heterocycles. The van der Waals surface area contributed by atoms with Crippen LogP contribution >= 0.6 is 24.0 Å². The second-order valence-corrected chi connectivity index (χ2v) is 7.76. The van der Waals surface area contributed by atoms with E-state index < -0.39 is 0 Å². The van der Waals surface area contributed by atoms with Gasteiger partial charge in [0, 0.05) is 32.2 Å². The third kappa shape index (κ3) is 3.46. The van der Waals surface area contributed by atoms with E-state index in [9.17, 15) is 0 Å². The number of H-pyrrole nitrogens is 1. The topological polar surface area (TPSA) is 44.4 Å². The molecule has 0 amide bonds. The minimum atomic E-state index is 0. The number of aryl methyl sites for hydroxylation is 1. The van der Waals surface area contributed by atoms with Gasteiger partial charge in [-0.15, -0.1) is 12.4 Å². The highest BCUT2D eigenvalue weighted by atomic mass is 35.5. The Hall–Kier alpha value is -1.27. The van der Waals surface area contributed by atoms with Crippen LogP contribution in [0.15, 0.2) is 24.3 Å². The van der Waals surface area contributed by atoms with Crippen LogP contribution in [0.4, 0.5) is 0 Å². The smallest absolute Gasteiger partial charge is 0.118 e. The Kier molecular flexibility index (Phi) is 5.82. The summed E-state index contributed by atoms with van der Waals surface area (Å²) in [7, 11) is 3.95. The van der Waals surface area contributed by atoms with Crippen LogP contribution < -0.4 is 4.74 Å². The highest BCUT2D eigenvalue weighted by Crippen LogP contribution is 2.44. The van der Waals surface area contributed by atoms with Gasteiger partial charge in [0.1, 0.15) is 5.75 Å². The minimum Gasteiger partial charge on any atom is -0.497 e. The van der Waals surface area contributed by atoms with Gasteiger partial charge in [0.05, 0.1) is 23.5 Å². The zero-order valence-corrected chi connectivity index (χ0v) is 17.0. The number of fused-ring (bicyclic) bond motifs is 1. The van der Waals surface area contributed by atoms with Crippen LogP contribution in [0.5, 0.6) is 5.75 Å². The molecule has 0 saturated carbocycles. The number of methoxy groups -OCH3 is 1. The molecule has 0 radical (unpaired) electrons. The van der Waals surface area contributed by atoms with Crippen LogP contribution in [0.2, 0.25) is 5.02 Å². The standard InChI is InChI=1S/C19H25ClN4O.ClH/c1-12-18(20)17(22-21-12)11-24-9-14-8-23(2)19(16(14)10-24)13-4-6-15(25-3)7-5-13;/h4-7,14,16,19H,8-11H2,1-3H3,(H,21,22);1H/t14-,16+,19+;/m0./s1. The quantitative estimate of drug-likeness (QED) is 0.857. The van der Waals surface area contributed by atoms with Crippen molar-refractivity contribution in [1.29, 1.82) is 0 Å². The van der Waals surface area contributed by atoms with E-state index in [0.717, 1.165) is 48.3 Å². The average Bonchev–Trinajstić information content (AvgIpc) is 3.23. The van der Waals surface area contributed by atoms with E-state index in [1.807, 2.05) is 6.92 Å². The molecular weight excluding hydrogens is 371 g/mol. The Bertz CT molecular complexity index is 748. The Labute approximate surface area is 166 Å². The molecular formula is C19H26Cl2N4O. The number of ether oxygens (including phenoxy) is 1. The van der Waals surface area contributed by atoms with Gasteiger partial charge in [0.15, 0.2) is 0 Å². The lowest BCUT2D eigenvalue weighted by Crippen LogP contribution is -2.29. The first kappa shape index (κ1) is 19.5. The first-order valence-electron chi connectivity index (χ1n) is 8.82. The number of aromatic nitrogens is 2. The zero-order chi connectivity index (χ0) is 17.6. The Balaban J connectivity index is 0.00000196. The molecule has 2 saturated heterocycles. The van der Waals surface area contributed by atoms with Gasteiger partial charge in [-0.3, -0.25) is 14.9 Å². The summed E-state index contributed by atoms with van der Waals surface area (Å²) in [6.07, 6.45) is 0. The first-order valence-corrected chi connectivity index (χ1v) is 9.20. The van der Waals surface area contributed by atoms with Crippen molar-refractivity contribution in [2.75, 3.05) is 33.8 Å². The predicted octanol–water partition coefficient (Wildman–Crippen LogP) is 3.54. The fourth-order valence-corrected chi connectivity index (χ4v) is 4.71. The molecule has 0 bridgehead atoms. The zero-order valence-electron chi connectivity index (χ0n) is 15.4. The van der Waals surface area contributed by atoms with Gasteiger partial charge in [0.25, 0.3) is 0 Å². The van der Waals surface area contributed by atoms with Crippen molar-refractivity contribution in [2.24, 2.45) is 11.8 Å². The molecule has 7 heteroatoms. The van der Waals surface area contributed by atoms with Crippen molar-refractivity contribution in [3.05, 3.63) is 46.2 Å². The average molecular weight is 397 g/mol. The molecule has 2 fully saturated rings. The number of aromatic amines is 1. The van der Waals surface area contributed by atoms with Gasteiger partial charge in [-0.2, -0.15) is 5.10 Å². The molecule has 3 atom stereocenters. The molecule has 4 rings (SSSR count). The molecule has 1 N–H and O–H groups in total. The van der Waals surface area contributed by atoms with E-state index >= 15 is 0 Å². The normalized spacial score (nSPS) is 25.9. The van der Waals surface area contributed by atoms with Crippen molar-refractivity contribution in [3.8, 4) is 5.75 Å². The summed E-state index contributed by atoms with van der Waals surface area (Å²) >= 11 is 6.34. The van der Waals surface area contributed by atoms with Crippen LogP contribution in [0.25, 0.3) is 0 Å². The van der Waals surface area contributed by atoms with Gasteiger partial charge in [-0.1, -0.05) is 23.7 Å². The maximum Gasteiger partial charge on any atom is 0.118 e. The van der Waals surface area contributed by atoms with Crippen molar-refractivity contribution in [1.82, 2.24) is 20.0 Å². The number of rotatable bonds is 4. The van der Waals surface area contributed by atoms with Crippen LogP contribution in [-0.2, 0) is 6.54 Å². The summed E-state index contributed by atoms with van der Waals surface area (Å²) in [5.41, 5.74) is 3.30. The van der Waals surface area contributed by atoms with E-state index in [-0.39, 0.29) is 12.4 Å². The number of hydrogen-bond donors (Lipinski definition) is 1. The molecule has 142 valence electrons. The monoisotopic (exact) mass is 396 g/mol. The first-order chi connectivity index (χ1) is 12.1. The molecule has 3 heterocycles. The Morgan fingerprint density at radius 1 is 1.23 bits per heavy atom. The summed E-state index contributed by atoms with van der Waals surface area (Å²) in [5, 5.41) is 8.12. The van der Waals surface area contributed by atoms with Gasteiger partial charge < -0.3 is 4.74 Å². The number of likely N-dealkylation sites (tertiary alicyclic amines) is 2. The highest BCUT2D eigenvalue weighted by Gasteiger charge is 2.46. The Morgan fingerprint density at radius 3 is 2.58 bits per heavy atom. The van der Waals surface area contributed by atoms with Crippen molar-refractivity contribution in [2.45, 2.75) is 19.5 Å². The van der Waals surface area contributed by atoms with Crippen LogP contribution in [0.1, 0.15) is 23.0 Å². The second-order valence-electron chi connectivity index (χ2n) is 7.38. The molecule has 0 aliphatic carbocycles. The largest absolute Gasteiger partial charge is 0.497 e. The van der Waals surface area contributed by atoms with Gasteiger partial charge in [-0.25, -0.2) is 0 Å². The maximum absolute atomic E-state index is 6.34. The molecule has 5 nitrogen and oxygen atoms in total. The van der Waals surface area contributed by atoms with Crippen molar-refractivity contribution >= 4 is 24.0 Å². The fraction of sp³-hybridized carbons (Fsp3) is 0.526. The lowest BCUT2D eigenvalue weighted by atomic mass is 9.89. The molecule has 0 spiro atoms. The lowest BCUT2D eigenvalue weighted by molar-refractivity contribution is 0.223. The molecule has 1 aromatic carbocycles. The number of benzene rings is 1. The second kappa shape index (κ2) is 7.77. The van der Waals surface area contributed by atoms with E-state index in [1.165, 1.54) is 5.56 Å². The van der Waals surface area contributed by atoms with Gasteiger partial charge in [0.2, 0.25) is 0 Å². The van der Waals surface area contributed by atoms with Crippen molar-refractivity contribution in [3.63, 3.8) is 0 Å². The van der Waals surface area contributed by atoms with E-state index in [4.69, 9.17) is 16.3 Å². The van der Waals surface area contributed by atoms with Gasteiger partial charge in [-0.05, 0) is 43.5 Å². The molecule has 2 aromatic rings. The number of nitrogens with zero attached hydrogens (tertiary/aromatic N) is 3. The SMILES string of the molecule is COc1ccc([C@@H]2[C@@H]3CN(Cc4n[nH]c(C)c4Cl)C[C@@H]3CN2C)cc1.Cl. The predicted molar refractivity (Wildman–Crippen MR) is 106 cm³/mol. The van der Waals surface area contributed by atoms with Crippen LogP contribution in [0, 0.1) is 18.8 Å². The van der Waals surface area contributed by atoms with E-state index in [1.54, 1.807) is 7.11 Å². The number of nitrogens with one attached hydrogen (secondary N) is 1. The van der Waals surface area contributed by atoms with Gasteiger partial charge >= 0.3 is 0 Å². The summed E-state index contributed by atoms with van der Waals surface area (Å²) in [5.74, 6) is 2.27. The summed E-state index contributed by atoms with van der Waals surface area (Å²) in [6.45, 7) is 6.14. The van der Waals surface area contributed by atoms with E-state index in [0.29, 0.717) is 17.9 Å². The van der Waals surface area contributed by atoms with Crippen molar-refractivity contribution < 1.29 is 4.74 Å². The molecule has 26 heavy (non-hydrogen) atoms. The van der Waals surface area contributed by atoms with Crippen LogP contribution in [0.3, 0.4) is 0 Å². The third-order valence-electron chi connectivity index (χ3n) is 5.74. The third-order valence-corrected chi connectivity index (χ3v) is 6.24.